The van der Waals surface area contributed by atoms with Crippen LogP contribution in [0.15, 0.2) is 24.3 Å². The Bertz CT molecular complexity index is 412. The Labute approximate surface area is 114 Å². The standard InChI is InChI=1S/C16H22O3/c1-10(2)16(17)19-7-6-18-15-9-11-8-14(15)13-5-3-4-12(11)13/h3-4,11-15H,1,5-9H2,2H3/t11-,12-,13-,14-,15?/m1/s1. The lowest BCUT2D eigenvalue weighted by Gasteiger charge is -2.31. The summed E-state index contributed by atoms with van der Waals surface area (Å²) in [4.78, 5) is 11.2. The van der Waals surface area contributed by atoms with Crippen molar-refractivity contribution < 1.29 is 14.3 Å². The highest BCUT2D eigenvalue weighted by Gasteiger charge is 2.52. The molecule has 0 saturated heterocycles. The van der Waals surface area contributed by atoms with Gasteiger partial charge < -0.3 is 9.47 Å². The van der Waals surface area contributed by atoms with Gasteiger partial charge in [-0.15, -0.1) is 0 Å². The maximum Gasteiger partial charge on any atom is 0.333 e. The molecule has 2 saturated carbocycles. The molecular weight excluding hydrogens is 240 g/mol. The number of rotatable bonds is 5. The Kier molecular flexibility index (Phi) is 3.48. The van der Waals surface area contributed by atoms with Crippen LogP contribution in [-0.2, 0) is 14.3 Å². The summed E-state index contributed by atoms with van der Waals surface area (Å²) in [5, 5.41) is 0. The first-order valence-electron chi connectivity index (χ1n) is 7.27. The zero-order valence-electron chi connectivity index (χ0n) is 11.5. The smallest absolute Gasteiger partial charge is 0.333 e. The molecule has 5 atom stereocenters. The third kappa shape index (κ3) is 2.36. The van der Waals surface area contributed by atoms with Gasteiger partial charge in [-0.3, -0.25) is 0 Å². The van der Waals surface area contributed by atoms with Crippen molar-refractivity contribution in [3.05, 3.63) is 24.3 Å². The first-order valence-corrected chi connectivity index (χ1v) is 7.27. The molecule has 2 bridgehead atoms. The van der Waals surface area contributed by atoms with E-state index in [4.69, 9.17) is 9.47 Å². The molecule has 1 unspecified atom stereocenters. The Morgan fingerprint density at radius 3 is 2.95 bits per heavy atom. The van der Waals surface area contributed by atoms with Crippen LogP contribution in [0.5, 0.6) is 0 Å². The van der Waals surface area contributed by atoms with Crippen LogP contribution in [0.3, 0.4) is 0 Å². The Balaban J connectivity index is 1.41. The van der Waals surface area contributed by atoms with E-state index in [0.717, 1.165) is 23.7 Å². The molecule has 0 N–H and O–H groups in total. The van der Waals surface area contributed by atoms with Gasteiger partial charge in [0.05, 0.1) is 12.7 Å². The van der Waals surface area contributed by atoms with Gasteiger partial charge >= 0.3 is 5.97 Å². The summed E-state index contributed by atoms with van der Waals surface area (Å²) in [5.41, 5.74) is 0.444. The molecule has 0 radical (unpaired) electrons. The summed E-state index contributed by atoms with van der Waals surface area (Å²) in [6, 6.07) is 0. The van der Waals surface area contributed by atoms with Crippen molar-refractivity contribution in [2.24, 2.45) is 23.7 Å². The molecule has 0 aliphatic heterocycles. The van der Waals surface area contributed by atoms with Crippen LogP contribution in [0, 0.1) is 23.7 Å². The van der Waals surface area contributed by atoms with Gasteiger partial charge in [-0.05, 0) is 49.9 Å². The first-order chi connectivity index (χ1) is 9.16. The molecule has 0 aromatic heterocycles. The van der Waals surface area contributed by atoms with Gasteiger partial charge in [-0.25, -0.2) is 4.79 Å². The fourth-order valence-electron chi connectivity index (χ4n) is 4.14. The molecule has 3 rings (SSSR count). The molecule has 3 nitrogen and oxygen atoms in total. The van der Waals surface area contributed by atoms with Crippen LogP contribution in [0.25, 0.3) is 0 Å². The lowest BCUT2D eigenvalue weighted by molar-refractivity contribution is -0.141. The number of ether oxygens (including phenoxy) is 2. The lowest BCUT2D eigenvalue weighted by Crippen LogP contribution is -2.31. The van der Waals surface area contributed by atoms with E-state index in [9.17, 15) is 4.79 Å². The molecule has 3 heteroatoms. The van der Waals surface area contributed by atoms with Crippen LogP contribution in [-0.4, -0.2) is 25.3 Å². The number of hydrogen-bond acceptors (Lipinski definition) is 3. The van der Waals surface area contributed by atoms with Crippen molar-refractivity contribution in [1.82, 2.24) is 0 Å². The van der Waals surface area contributed by atoms with E-state index in [-0.39, 0.29) is 5.97 Å². The molecule has 3 aliphatic rings. The van der Waals surface area contributed by atoms with Gasteiger partial charge in [0.2, 0.25) is 0 Å². The van der Waals surface area contributed by atoms with E-state index in [2.05, 4.69) is 18.7 Å². The van der Waals surface area contributed by atoms with Crippen LogP contribution < -0.4 is 0 Å². The van der Waals surface area contributed by atoms with Gasteiger partial charge in [0, 0.05) is 5.57 Å². The summed E-state index contributed by atoms with van der Waals surface area (Å²) in [7, 11) is 0. The normalized spacial score (nSPS) is 38.5. The SMILES string of the molecule is C=C(C)C(=O)OCCOC1C[C@H]2C[C@@H]1[C@@H]1CC=C[C@H]21. The third-order valence-corrected chi connectivity index (χ3v) is 4.94. The molecule has 0 aromatic carbocycles. The highest BCUT2D eigenvalue weighted by Crippen LogP contribution is 2.57. The Morgan fingerprint density at radius 2 is 2.16 bits per heavy atom. The van der Waals surface area contributed by atoms with Gasteiger partial charge in [0.25, 0.3) is 0 Å². The van der Waals surface area contributed by atoms with E-state index < -0.39 is 0 Å². The number of carbonyl (C=O) groups excluding carboxylic acids is 1. The number of allylic oxidation sites excluding steroid dienone is 2. The Hall–Kier alpha value is -1.09. The molecule has 104 valence electrons. The second-order valence-electron chi connectivity index (χ2n) is 6.13. The van der Waals surface area contributed by atoms with Gasteiger partial charge in [-0.1, -0.05) is 18.7 Å². The van der Waals surface area contributed by atoms with Crippen molar-refractivity contribution in [2.45, 2.75) is 32.3 Å². The average molecular weight is 262 g/mol. The van der Waals surface area contributed by atoms with E-state index in [1.54, 1.807) is 6.92 Å². The van der Waals surface area contributed by atoms with Gasteiger partial charge in [0.1, 0.15) is 6.61 Å². The predicted molar refractivity (Wildman–Crippen MR) is 72.5 cm³/mol. The highest BCUT2D eigenvalue weighted by atomic mass is 16.6. The average Bonchev–Trinajstić information content (AvgIpc) is 3.05. The molecule has 0 amide bonds. The molecule has 0 spiro atoms. The zero-order chi connectivity index (χ0) is 13.4. The molecule has 2 fully saturated rings. The minimum absolute atomic E-state index is 0.323. The fourth-order valence-corrected chi connectivity index (χ4v) is 4.14. The number of fused-ring (bicyclic) bond motifs is 5. The van der Waals surface area contributed by atoms with Crippen molar-refractivity contribution in [2.75, 3.05) is 13.2 Å². The predicted octanol–water partition coefficient (Wildman–Crippen LogP) is 2.72. The fraction of sp³-hybridized carbons (Fsp3) is 0.688. The second-order valence-corrected chi connectivity index (χ2v) is 6.13. The molecular formula is C16H22O3. The molecule has 19 heavy (non-hydrogen) atoms. The Morgan fingerprint density at radius 1 is 1.32 bits per heavy atom. The van der Waals surface area contributed by atoms with Crippen LogP contribution in [0.2, 0.25) is 0 Å². The monoisotopic (exact) mass is 262 g/mol. The molecule has 3 aliphatic carbocycles. The van der Waals surface area contributed by atoms with E-state index in [0.29, 0.717) is 24.9 Å². The van der Waals surface area contributed by atoms with Crippen LogP contribution in [0.4, 0.5) is 0 Å². The molecule has 0 heterocycles. The van der Waals surface area contributed by atoms with Crippen LogP contribution >= 0.6 is 0 Å². The summed E-state index contributed by atoms with van der Waals surface area (Å²) >= 11 is 0. The molecule has 0 aromatic rings. The van der Waals surface area contributed by atoms with Gasteiger partial charge in [0.15, 0.2) is 0 Å². The van der Waals surface area contributed by atoms with Crippen molar-refractivity contribution >= 4 is 5.97 Å². The highest BCUT2D eigenvalue weighted by molar-refractivity contribution is 5.86. The largest absolute Gasteiger partial charge is 0.460 e. The third-order valence-electron chi connectivity index (χ3n) is 4.94. The van der Waals surface area contributed by atoms with Gasteiger partial charge in [-0.2, -0.15) is 0 Å². The van der Waals surface area contributed by atoms with Crippen molar-refractivity contribution in [3.63, 3.8) is 0 Å². The maximum absolute atomic E-state index is 11.2. The maximum atomic E-state index is 11.2. The van der Waals surface area contributed by atoms with E-state index >= 15 is 0 Å². The quantitative estimate of drug-likeness (QED) is 0.331. The topological polar surface area (TPSA) is 35.5 Å². The van der Waals surface area contributed by atoms with Crippen molar-refractivity contribution in [1.29, 1.82) is 0 Å². The number of esters is 1. The second kappa shape index (κ2) is 5.12. The summed E-state index contributed by atoms with van der Waals surface area (Å²) in [5.74, 6) is 2.88. The van der Waals surface area contributed by atoms with E-state index in [1.807, 2.05) is 0 Å². The number of carbonyl (C=O) groups is 1. The summed E-state index contributed by atoms with van der Waals surface area (Å²) in [6.45, 7) is 6.07. The summed E-state index contributed by atoms with van der Waals surface area (Å²) in [6.07, 6.45) is 8.89. The minimum Gasteiger partial charge on any atom is -0.460 e. The van der Waals surface area contributed by atoms with Crippen LogP contribution in [0.1, 0.15) is 26.2 Å². The first kappa shape index (κ1) is 12.9. The van der Waals surface area contributed by atoms with E-state index in [1.165, 1.54) is 19.3 Å². The summed E-state index contributed by atoms with van der Waals surface area (Å²) < 4.78 is 11.0. The zero-order valence-corrected chi connectivity index (χ0v) is 11.5. The number of hydrogen-bond donors (Lipinski definition) is 0. The lowest BCUT2D eigenvalue weighted by atomic mass is 9.80. The van der Waals surface area contributed by atoms with Crippen molar-refractivity contribution in [3.8, 4) is 0 Å². The minimum atomic E-state index is -0.323.